The number of amides is 1. The molecule has 142 valence electrons. The molecule has 3 rings (SSSR count). The first-order valence-electron chi connectivity index (χ1n) is 9.64. The summed E-state index contributed by atoms with van der Waals surface area (Å²) in [6.45, 7) is 0.814. The van der Waals surface area contributed by atoms with Gasteiger partial charge in [-0.1, -0.05) is 49.6 Å². The highest BCUT2D eigenvalue weighted by Crippen LogP contribution is 2.25. The van der Waals surface area contributed by atoms with Crippen LogP contribution in [0.1, 0.15) is 43.2 Å². The fourth-order valence-corrected chi connectivity index (χ4v) is 3.66. The van der Waals surface area contributed by atoms with E-state index in [2.05, 4.69) is 23.3 Å². The minimum absolute atomic E-state index is 0.216. The Morgan fingerprint density at radius 3 is 2.70 bits per heavy atom. The minimum atomic E-state index is -0.311. The third-order valence-electron chi connectivity index (χ3n) is 5.17. The summed E-state index contributed by atoms with van der Waals surface area (Å²) in [5, 5.41) is 2.96. The fourth-order valence-electron chi connectivity index (χ4n) is 3.66. The first-order valence-corrected chi connectivity index (χ1v) is 9.64. The van der Waals surface area contributed by atoms with E-state index in [1.165, 1.54) is 50.3 Å². The van der Waals surface area contributed by atoms with Gasteiger partial charge in [0.1, 0.15) is 5.82 Å². The number of nitrogens with one attached hydrogen (secondary N) is 1. The summed E-state index contributed by atoms with van der Waals surface area (Å²) in [6.07, 6.45) is 9.51. The van der Waals surface area contributed by atoms with Crippen LogP contribution >= 0.6 is 0 Å². The number of carbonyl (C=O) groups excluding carboxylic acids is 1. The Morgan fingerprint density at radius 1 is 1.15 bits per heavy atom. The van der Waals surface area contributed by atoms with Crippen molar-refractivity contribution in [3.63, 3.8) is 0 Å². The molecule has 0 saturated heterocycles. The molecule has 3 nitrogen and oxygen atoms in total. The zero-order chi connectivity index (χ0) is 19.1. The van der Waals surface area contributed by atoms with E-state index in [1.54, 1.807) is 18.2 Å². The van der Waals surface area contributed by atoms with Crippen LogP contribution in [0.4, 0.5) is 10.1 Å². The van der Waals surface area contributed by atoms with E-state index in [4.69, 9.17) is 0 Å². The molecule has 0 bridgehead atoms. The summed E-state index contributed by atoms with van der Waals surface area (Å²) < 4.78 is 13.2. The van der Waals surface area contributed by atoms with Crippen molar-refractivity contribution in [3.05, 3.63) is 71.6 Å². The highest BCUT2D eigenvalue weighted by molar-refractivity contribution is 6.02. The molecule has 2 aromatic carbocycles. The number of rotatable bonds is 6. The SMILES string of the molecule is CN(Cc1ccccc1NC(=O)/C=C/c1cccc(F)c1)C1CCCCC1. The van der Waals surface area contributed by atoms with Crippen molar-refractivity contribution >= 4 is 17.7 Å². The lowest BCUT2D eigenvalue weighted by Crippen LogP contribution is -2.33. The van der Waals surface area contributed by atoms with Gasteiger partial charge in [-0.05, 0) is 55.3 Å². The maximum atomic E-state index is 13.2. The van der Waals surface area contributed by atoms with Crippen LogP contribution in [-0.4, -0.2) is 23.9 Å². The van der Waals surface area contributed by atoms with Gasteiger partial charge in [0.05, 0.1) is 0 Å². The zero-order valence-electron chi connectivity index (χ0n) is 15.8. The lowest BCUT2D eigenvalue weighted by atomic mass is 9.94. The molecule has 0 heterocycles. The van der Waals surface area contributed by atoms with Gasteiger partial charge in [0.15, 0.2) is 0 Å². The molecule has 1 amide bonds. The second-order valence-corrected chi connectivity index (χ2v) is 7.24. The highest BCUT2D eigenvalue weighted by atomic mass is 19.1. The van der Waals surface area contributed by atoms with E-state index in [1.807, 2.05) is 18.2 Å². The van der Waals surface area contributed by atoms with Crippen LogP contribution in [0.15, 0.2) is 54.6 Å². The smallest absolute Gasteiger partial charge is 0.248 e. The molecule has 1 N–H and O–H groups in total. The molecule has 1 fully saturated rings. The number of carbonyl (C=O) groups is 1. The monoisotopic (exact) mass is 366 g/mol. The first kappa shape index (κ1) is 19.3. The Labute approximate surface area is 160 Å². The van der Waals surface area contributed by atoms with Crippen LogP contribution in [0, 0.1) is 5.82 Å². The summed E-state index contributed by atoms with van der Waals surface area (Å²) in [6, 6.07) is 14.7. The molecule has 0 radical (unpaired) electrons. The lowest BCUT2D eigenvalue weighted by Gasteiger charge is -2.31. The van der Waals surface area contributed by atoms with E-state index < -0.39 is 0 Å². The average molecular weight is 366 g/mol. The van der Waals surface area contributed by atoms with E-state index in [-0.39, 0.29) is 11.7 Å². The van der Waals surface area contributed by atoms with E-state index in [9.17, 15) is 9.18 Å². The number of para-hydroxylation sites is 1. The predicted octanol–water partition coefficient (Wildman–Crippen LogP) is 5.24. The van der Waals surface area contributed by atoms with Crippen molar-refractivity contribution in [2.75, 3.05) is 12.4 Å². The van der Waals surface area contributed by atoms with Gasteiger partial charge in [0.25, 0.3) is 0 Å². The van der Waals surface area contributed by atoms with Crippen LogP contribution in [0.25, 0.3) is 6.08 Å². The minimum Gasteiger partial charge on any atom is -0.322 e. The molecule has 4 heteroatoms. The van der Waals surface area contributed by atoms with Gasteiger partial charge in [-0.2, -0.15) is 0 Å². The zero-order valence-corrected chi connectivity index (χ0v) is 15.8. The molecule has 1 saturated carbocycles. The van der Waals surface area contributed by atoms with Gasteiger partial charge in [0.2, 0.25) is 5.91 Å². The molecular weight excluding hydrogens is 339 g/mol. The van der Waals surface area contributed by atoms with Crippen molar-refractivity contribution in [3.8, 4) is 0 Å². The quantitative estimate of drug-likeness (QED) is 0.709. The normalized spacial score (nSPS) is 15.4. The third kappa shape index (κ3) is 5.76. The Kier molecular flexibility index (Phi) is 6.77. The van der Waals surface area contributed by atoms with Gasteiger partial charge < -0.3 is 5.32 Å². The molecule has 0 spiro atoms. The molecule has 0 aromatic heterocycles. The molecule has 27 heavy (non-hydrogen) atoms. The maximum Gasteiger partial charge on any atom is 0.248 e. The van der Waals surface area contributed by atoms with E-state index >= 15 is 0 Å². The average Bonchev–Trinajstić information content (AvgIpc) is 2.69. The second-order valence-electron chi connectivity index (χ2n) is 7.24. The largest absolute Gasteiger partial charge is 0.322 e. The van der Waals surface area contributed by atoms with Crippen LogP contribution < -0.4 is 5.32 Å². The highest BCUT2D eigenvalue weighted by Gasteiger charge is 2.18. The molecule has 0 aliphatic heterocycles. The van der Waals surface area contributed by atoms with E-state index in [0.29, 0.717) is 11.6 Å². The molecule has 1 aliphatic carbocycles. The topological polar surface area (TPSA) is 32.3 Å². The molecule has 0 unspecified atom stereocenters. The molecule has 1 aliphatic rings. The Balaban J connectivity index is 1.63. The van der Waals surface area contributed by atoms with Crippen molar-refractivity contribution < 1.29 is 9.18 Å². The van der Waals surface area contributed by atoms with Gasteiger partial charge in [-0.15, -0.1) is 0 Å². The van der Waals surface area contributed by atoms with Crippen LogP contribution in [-0.2, 0) is 11.3 Å². The summed E-state index contributed by atoms with van der Waals surface area (Å²) >= 11 is 0. The van der Waals surface area contributed by atoms with Crippen LogP contribution in [0.3, 0.4) is 0 Å². The summed E-state index contributed by atoms with van der Waals surface area (Å²) in [7, 11) is 2.17. The fraction of sp³-hybridized carbons (Fsp3) is 0.348. The van der Waals surface area contributed by atoms with Crippen molar-refractivity contribution in [1.29, 1.82) is 0 Å². The summed E-state index contributed by atoms with van der Waals surface area (Å²) in [5.41, 5.74) is 2.60. The number of hydrogen-bond acceptors (Lipinski definition) is 2. The Bertz CT molecular complexity index is 796. The van der Waals surface area contributed by atoms with Gasteiger partial charge in [0, 0.05) is 24.4 Å². The first-order chi connectivity index (χ1) is 13.1. The summed E-state index contributed by atoms with van der Waals surface area (Å²) in [4.78, 5) is 14.7. The van der Waals surface area contributed by atoms with Gasteiger partial charge in [-0.25, -0.2) is 4.39 Å². The van der Waals surface area contributed by atoms with E-state index in [0.717, 1.165) is 17.8 Å². The standard InChI is InChI=1S/C23H27FN2O/c1-26(21-11-3-2-4-12-21)17-19-9-5-6-13-22(19)25-23(27)15-14-18-8-7-10-20(24)16-18/h5-10,13-16,21H,2-4,11-12,17H2,1H3,(H,25,27)/b15-14+. The lowest BCUT2D eigenvalue weighted by molar-refractivity contribution is -0.111. The molecular formula is C23H27FN2O. The van der Waals surface area contributed by atoms with Crippen molar-refractivity contribution in [2.24, 2.45) is 0 Å². The van der Waals surface area contributed by atoms with Gasteiger partial charge >= 0.3 is 0 Å². The Hall–Kier alpha value is -2.46. The number of anilines is 1. The van der Waals surface area contributed by atoms with Crippen LogP contribution in [0.2, 0.25) is 0 Å². The molecule has 2 aromatic rings. The predicted molar refractivity (Wildman–Crippen MR) is 109 cm³/mol. The van der Waals surface area contributed by atoms with Crippen molar-refractivity contribution in [2.45, 2.75) is 44.7 Å². The second kappa shape index (κ2) is 9.47. The number of halogens is 1. The summed E-state index contributed by atoms with van der Waals surface area (Å²) in [5.74, 6) is -0.527. The van der Waals surface area contributed by atoms with Crippen LogP contribution in [0.5, 0.6) is 0 Å². The number of hydrogen-bond donors (Lipinski definition) is 1. The van der Waals surface area contributed by atoms with Gasteiger partial charge in [-0.3, -0.25) is 9.69 Å². The number of benzene rings is 2. The number of nitrogens with zero attached hydrogens (tertiary/aromatic N) is 1. The third-order valence-corrected chi connectivity index (χ3v) is 5.17. The molecule has 0 atom stereocenters. The van der Waals surface area contributed by atoms with Crippen molar-refractivity contribution in [1.82, 2.24) is 4.90 Å². The maximum absolute atomic E-state index is 13.2. The Morgan fingerprint density at radius 2 is 1.93 bits per heavy atom.